The van der Waals surface area contributed by atoms with Crippen LogP contribution >= 0.6 is 15.9 Å². The number of pyridine rings is 1. The first-order chi connectivity index (χ1) is 15.0. The Bertz CT molecular complexity index is 780. The van der Waals surface area contributed by atoms with Crippen LogP contribution in [-0.2, 0) is 0 Å². The van der Waals surface area contributed by atoms with Crippen LogP contribution in [0.5, 0.6) is 0 Å². The minimum absolute atomic E-state index is 0.0503. The van der Waals surface area contributed by atoms with E-state index in [0.717, 1.165) is 24.7 Å². The molecule has 0 aliphatic heterocycles. The number of aromatic carboxylic acids is 1. The normalized spacial score (nSPS) is 14.0. The van der Waals surface area contributed by atoms with E-state index in [4.69, 9.17) is 9.63 Å². The van der Waals surface area contributed by atoms with Gasteiger partial charge in [-0.1, -0.05) is 69.5 Å². The summed E-state index contributed by atoms with van der Waals surface area (Å²) in [5.41, 5.74) is 0.0503. The lowest BCUT2D eigenvalue weighted by Gasteiger charge is -2.14. The lowest BCUT2D eigenvalue weighted by Crippen LogP contribution is -2.24. The first kappa shape index (κ1) is 25.5. The highest BCUT2D eigenvalue weighted by Gasteiger charge is 2.28. The summed E-state index contributed by atoms with van der Waals surface area (Å²) in [5, 5.41) is 16.2. The number of nitrogens with one attached hydrogen (secondary N) is 1. The predicted molar refractivity (Wildman–Crippen MR) is 124 cm³/mol. The Morgan fingerprint density at radius 2 is 1.90 bits per heavy atom. The van der Waals surface area contributed by atoms with Crippen molar-refractivity contribution in [2.75, 3.05) is 6.54 Å². The first-order valence-corrected chi connectivity index (χ1v) is 12.2. The molecule has 8 heteroatoms. The zero-order valence-corrected chi connectivity index (χ0v) is 20.2. The number of unbranched alkanes of at least 4 members (excludes halogenated alkanes) is 6. The van der Waals surface area contributed by atoms with Crippen LogP contribution in [0.2, 0.25) is 0 Å². The van der Waals surface area contributed by atoms with Crippen LogP contribution in [0.25, 0.3) is 0 Å². The monoisotopic (exact) mass is 494 g/mol. The Kier molecular flexibility index (Phi) is 11.7. The molecule has 7 nitrogen and oxygen atoms in total. The van der Waals surface area contributed by atoms with E-state index >= 15 is 0 Å². The summed E-state index contributed by atoms with van der Waals surface area (Å²) in [6.07, 6.45) is 13.4. The summed E-state index contributed by atoms with van der Waals surface area (Å²) < 4.78 is 5.66. The zero-order chi connectivity index (χ0) is 22.5. The van der Waals surface area contributed by atoms with Gasteiger partial charge in [0, 0.05) is 6.92 Å². The number of carboxylic acids is 1. The number of hydrogen-bond acceptors (Lipinski definition) is 6. The van der Waals surface area contributed by atoms with Crippen molar-refractivity contribution < 1.29 is 14.4 Å². The molecule has 1 atom stereocenters. The fourth-order valence-corrected chi connectivity index (χ4v) is 3.65. The Labute approximate surface area is 193 Å². The van der Waals surface area contributed by atoms with Gasteiger partial charge in [-0.25, -0.2) is 9.78 Å². The molecule has 1 fully saturated rings. The molecule has 2 aromatic heterocycles. The van der Waals surface area contributed by atoms with Crippen molar-refractivity contribution in [2.45, 2.75) is 84.1 Å². The van der Waals surface area contributed by atoms with Crippen molar-refractivity contribution in [1.82, 2.24) is 20.4 Å². The van der Waals surface area contributed by atoms with Gasteiger partial charge in [-0.05, 0) is 53.4 Å². The quantitative estimate of drug-likeness (QED) is 0.256. The lowest BCUT2D eigenvalue weighted by molar-refractivity contribution is 0.0690. The van der Waals surface area contributed by atoms with Crippen molar-refractivity contribution in [2.24, 2.45) is 5.92 Å². The molecule has 0 spiro atoms. The highest BCUT2D eigenvalue weighted by molar-refractivity contribution is 9.10. The average molecular weight is 495 g/mol. The van der Waals surface area contributed by atoms with Gasteiger partial charge in [0.05, 0.1) is 6.04 Å². The molecule has 2 heterocycles. The molecule has 3 rings (SSSR count). The van der Waals surface area contributed by atoms with Crippen LogP contribution in [0.15, 0.2) is 27.3 Å². The molecule has 0 bridgehead atoms. The fraction of sp³-hybridized carbons (Fsp3) is 0.652. The van der Waals surface area contributed by atoms with Gasteiger partial charge in [0.1, 0.15) is 10.3 Å². The zero-order valence-electron chi connectivity index (χ0n) is 18.6. The Morgan fingerprint density at radius 1 is 1.19 bits per heavy atom. The SMILES string of the molecule is CCCCCCCCCN[C@@H](CC1CC1)c1noc(C)n1.O=C(O)c1cccc(Br)n1. The van der Waals surface area contributed by atoms with Gasteiger partial charge < -0.3 is 14.9 Å². The van der Waals surface area contributed by atoms with Crippen molar-refractivity contribution in [3.8, 4) is 0 Å². The Morgan fingerprint density at radius 3 is 2.45 bits per heavy atom. The van der Waals surface area contributed by atoms with Crippen LogP contribution in [0, 0.1) is 12.8 Å². The van der Waals surface area contributed by atoms with Gasteiger partial charge >= 0.3 is 5.97 Å². The summed E-state index contributed by atoms with van der Waals surface area (Å²) >= 11 is 3.06. The first-order valence-electron chi connectivity index (χ1n) is 11.4. The van der Waals surface area contributed by atoms with E-state index in [1.165, 1.54) is 63.9 Å². The topological polar surface area (TPSA) is 101 Å². The largest absolute Gasteiger partial charge is 0.477 e. The maximum Gasteiger partial charge on any atom is 0.354 e. The van der Waals surface area contributed by atoms with E-state index in [0.29, 0.717) is 10.5 Å². The van der Waals surface area contributed by atoms with E-state index in [-0.39, 0.29) is 11.7 Å². The molecule has 31 heavy (non-hydrogen) atoms. The standard InChI is InChI=1S/C17H31N3O.C6H4BrNO2/c1-3-4-5-6-7-8-9-12-18-16(13-15-10-11-15)17-19-14(2)21-20-17;7-5-3-1-2-4(8-5)6(9)10/h15-16,18H,3-13H2,1-2H3;1-3H,(H,9,10)/t16-;/m0./s1. The summed E-state index contributed by atoms with van der Waals surface area (Å²) in [6, 6.07) is 5.02. The number of nitrogens with zero attached hydrogens (tertiary/aromatic N) is 3. The summed E-state index contributed by atoms with van der Waals surface area (Å²) in [4.78, 5) is 18.4. The van der Waals surface area contributed by atoms with Gasteiger partial charge in [-0.15, -0.1) is 0 Å². The molecule has 0 aromatic carbocycles. The number of aryl methyl sites for hydroxylation is 1. The maximum atomic E-state index is 10.3. The maximum absolute atomic E-state index is 10.3. The highest BCUT2D eigenvalue weighted by Crippen LogP contribution is 2.37. The Hall–Kier alpha value is -1.80. The van der Waals surface area contributed by atoms with E-state index in [1.54, 1.807) is 12.1 Å². The number of hydrogen-bond donors (Lipinski definition) is 2. The second kappa shape index (κ2) is 14.3. The molecule has 1 aliphatic carbocycles. The van der Waals surface area contributed by atoms with Gasteiger partial charge in [-0.2, -0.15) is 4.98 Å². The van der Waals surface area contributed by atoms with Crippen LogP contribution < -0.4 is 5.32 Å². The fourth-order valence-electron chi connectivity index (χ4n) is 3.31. The second-order valence-electron chi connectivity index (χ2n) is 8.13. The molecule has 2 aromatic rings. The third kappa shape index (κ3) is 10.9. The number of carbonyl (C=O) groups is 1. The molecule has 1 aliphatic rings. The molecule has 0 unspecified atom stereocenters. The van der Waals surface area contributed by atoms with Gasteiger partial charge in [0.25, 0.3) is 0 Å². The highest BCUT2D eigenvalue weighted by atomic mass is 79.9. The molecule has 1 saturated carbocycles. The molecule has 172 valence electrons. The van der Waals surface area contributed by atoms with E-state index in [1.807, 2.05) is 6.92 Å². The smallest absolute Gasteiger partial charge is 0.354 e. The molecular formula is C23H35BrN4O3. The molecular weight excluding hydrogens is 460 g/mol. The molecule has 2 N–H and O–H groups in total. The minimum Gasteiger partial charge on any atom is -0.477 e. The molecule has 0 saturated heterocycles. The number of carboxylic acid groups (broad SMARTS) is 1. The summed E-state index contributed by atoms with van der Waals surface area (Å²) in [5.74, 6) is 1.38. The number of halogens is 1. The number of rotatable bonds is 13. The van der Waals surface area contributed by atoms with Gasteiger partial charge in [0.15, 0.2) is 5.82 Å². The average Bonchev–Trinajstić information content (AvgIpc) is 3.47. The van der Waals surface area contributed by atoms with E-state index in [9.17, 15) is 4.79 Å². The minimum atomic E-state index is -1.01. The van der Waals surface area contributed by atoms with E-state index < -0.39 is 5.97 Å². The third-order valence-electron chi connectivity index (χ3n) is 5.23. The van der Waals surface area contributed by atoms with Crippen LogP contribution in [0.4, 0.5) is 0 Å². The van der Waals surface area contributed by atoms with Gasteiger partial charge in [-0.3, -0.25) is 0 Å². The molecule has 0 amide bonds. The van der Waals surface area contributed by atoms with Crippen LogP contribution in [-0.4, -0.2) is 32.7 Å². The third-order valence-corrected chi connectivity index (χ3v) is 5.67. The van der Waals surface area contributed by atoms with Gasteiger partial charge in [0.2, 0.25) is 5.89 Å². The van der Waals surface area contributed by atoms with Crippen LogP contribution in [0.3, 0.4) is 0 Å². The Balaban J connectivity index is 0.000000285. The predicted octanol–water partition coefficient (Wildman–Crippen LogP) is 6.10. The van der Waals surface area contributed by atoms with Crippen molar-refractivity contribution in [1.29, 1.82) is 0 Å². The van der Waals surface area contributed by atoms with Crippen LogP contribution in [0.1, 0.15) is 99.4 Å². The van der Waals surface area contributed by atoms with Crippen molar-refractivity contribution >= 4 is 21.9 Å². The van der Waals surface area contributed by atoms with Crippen molar-refractivity contribution in [3.63, 3.8) is 0 Å². The van der Waals surface area contributed by atoms with Crippen molar-refractivity contribution in [3.05, 3.63) is 40.2 Å². The number of aromatic nitrogens is 3. The molecule has 0 radical (unpaired) electrons. The van der Waals surface area contributed by atoms with E-state index in [2.05, 4.69) is 43.3 Å². The lowest BCUT2D eigenvalue weighted by atomic mass is 10.1. The summed E-state index contributed by atoms with van der Waals surface area (Å²) in [7, 11) is 0. The summed E-state index contributed by atoms with van der Waals surface area (Å²) in [6.45, 7) is 5.20. The second-order valence-corrected chi connectivity index (χ2v) is 8.94.